The molecule has 1 N–H and O–H groups in total. The third kappa shape index (κ3) is 4.18. The summed E-state index contributed by atoms with van der Waals surface area (Å²) in [4.78, 5) is 38.0. The number of aromatic nitrogens is 1. The van der Waals surface area contributed by atoms with E-state index in [0.29, 0.717) is 23.2 Å². The van der Waals surface area contributed by atoms with E-state index in [1.165, 1.54) is 0 Å². The van der Waals surface area contributed by atoms with E-state index in [4.69, 9.17) is 9.47 Å². The number of esters is 2. The molecule has 0 aromatic carbocycles. The van der Waals surface area contributed by atoms with Gasteiger partial charge in [-0.1, -0.05) is 6.92 Å². The second-order valence-corrected chi connectivity index (χ2v) is 4.68. The average Bonchev–Trinajstić information content (AvgIpc) is 2.72. The second-order valence-electron chi connectivity index (χ2n) is 4.68. The van der Waals surface area contributed by atoms with Crippen molar-refractivity contribution in [1.82, 2.24) is 4.98 Å². The molecule has 0 unspecified atom stereocenters. The molecule has 0 saturated carbocycles. The van der Waals surface area contributed by atoms with Crippen molar-refractivity contribution in [3.8, 4) is 0 Å². The maximum absolute atomic E-state index is 12.1. The fourth-order valence-electron chi connectivity index (χ4n) is 2.07. The van der Waals surface area contributed by atoms with Gasteiger partial charge in [0.05, 0.1) is 6.61 Å². The molecule has 6 heteroatoms. The fourth-order valence-corrected chi connectivity index (χ4v) is 2.07. The van der Waals surface area contributed by atoms with Gasteiger partial charge in [-0.15, -0.1) is 0 Å². The summed E-state index contributed by atoms with van der Waals surface area (Å²) < 4.78 is 9.83. The molecule has 0 aliphatic carbocycles. The molecule has 1 heterocycles. The predicted molar refractivity (Wildman–Crippen MR) is 76.4 cm³/mol. The van der Waals surface area contributed by atoms with Crippen molar-refractivity contribution in [2.75, 3.05) is 13.2 Å². The molecule has 0 atom stereocenters. The SMILES string of the molecule is CCCC(=O)OCC(=O)c1c(C)[nH]c(C(=O)OCC)c1C. The van der Waals surface area contributed by atoms with Gasteiger partial charge < -0.3 is 14.5 Å². The van der Waals surface area contributed by atoms with Crippen molar-refractivity contribution in [1.29, 1.82) is 0 Å². The fraction of sp³-hybridized carbons (Fsp3) is 0.533. The summed E-state index contributed by atoms with van der Waals surface area (Å²) in [5.74, 6) is -1.23. The van der Waals surface area contributed by atoms with Gasteiger partial charge in [-0.25, -0.2) is 4.79 Å². The summed E-state index contributed by atoms with van der Waals surface area (Å²) in [6.45, 7) is 6.86. The van der Waals surface area contributed by atoms with E-state index in [0.717, 1.165) is 0 Å². The molecule has 21 heavy (non-hydrogen) atoms. The number of ketones is 1. The van der Waals surface area contributed by atoms with Crippen molar-refractivity contribution < 1.29 is 23.9 Å². The van der Waals surface area contributed by atoms with Gasteiger partial charge in [0, 0.05) is 17.7 Å². The molecular weight excluding hydrogens is 274 g/mol. The first-order valence-corrected chi connectivity index (χ1v) is 6.97. The van der Waals surface area contributed by atoms with Crippen LogP contribution in [0.25, 0.3) is 0 Å². The minimum Gasteiger partial charge on any atom is -0.461 e. The highest BCUT2D eigenvalue weighted by molar-refractivity contribution is 6.03. The lowest BCUT2D eigenvalue weighted by Gasteiger charge is -2.04. The molecule has 0 aliphatic rings. The van der Waals surface area contributed by atoms with E-state index < -0.39 is 11.9 Å². The summed E-state index contributed by atoms with van der Waals surface area (Å²) in [5, 5.41) is 0. The van der Waals surface area contributed by atoms with Crippen LogP contribution in [0.15, 0.2) is 0 Å². The number of nitrogens with one attached hydrogen (secondary N) is 1. The number of aryl methyl sites for hydroxylation is 1. The molecule has 1 rings (SSSR count). The van der Waals surface area contributed by atoms with E-state index >= 15 is 0 Å². The smallest absolute Gasteiger partial charge is 0.355 e. The molecule has 0 aliphatic heterocycles. The zero-order chi connectivity index (χ0) is 16.0. The summed E-state index contributed by atoms with van der Waals surface area (Å²) in [6, 6.07) is 0. The molecule has 0 saturated heterocycles. The molecule has 116 valence electrons. The Labute approximate surface area is 123 Å². The van der Waals surface area contributed by atoms with Crippen molar-refractivity contribution in [2.24, 2.45) is 0 Å². The van der Waals surface area contributed by atoms with E-state index in [-0.39, 0.29) is 31.1 Å². The van der Waals surface area contributed by atoms with Gasteiger partial charge >= 0.3 is 11.9 Å². The van der Waals surface area contributed by atoms with Crippen LogP contribution in [0.5, 0.6) is 0 Å². The Kier molecular flexibility index (Phi) is 6.14. The Hall–Kier alpha value is -2.11. The van der Waals surface area contributed by atoms with Crippen LogP contribution in [0.2, 0.25) is 0 Å². The van der Waals surface area contributed by atoms with Crippen LogP contribution in [-0.2, 0) is 14.3 Å². The molecule has 0 radical (unpaired) electrons. The number of hydrogen-bond donors (Lipinski definition) is 1. The third-order valence-corrected chi connectivity index (χ3v) is 3.01. The largest absolute Gasteiger partial charge is 0.461 e. The number of ether oxygens (including phenoxy) is 2. The Morgan fingerprint density at radius 2 is 1.76 bits per heavy atom. The number of carbonyl (C=O) groups excluding carboxylic acids is 3. The van der Waals surface area contributed by atoms with E-state index in [1.807, 2.05) is 6.92 Å². The zero-order valence-corrected chi connectivity index (χ0v) is 12.9. The lowest BCUT2D eigenvalue weighted by Crippen LogP contribution is -2.15. The minimum atomic E-state index is -0.500. The quantitative estimate of drug-likeness (QED) is 0.616. The van der Waals surface area contributed by atoms with Crippen LogP contribution in [0.4, 0.5) is 0 Å². The molecular formula is C15H21NO5. The van der Waals surface area contributed by atoms with Crippen LogP contribution in [0, 0.1) is 13.8 Å². The normalized spacial score (nSPS) is 10.3. The standard InChI is InChI=1S/C15H21NO5/c1-5-7-12(18)21-8-11(17)13-9(3)14(16-10(13)4)15(19)20-6-2/h16H,5-8H2,1-4H3. The lowest BCUT2D eigenvalue weighted by atomic mass is 10.1. The van der Waals surface area contributed by atoms with Crippen molar-refractivity contribution in [2.45, 2.75) is 40.5 Å². The monoisotopic (exact) mass is 295 g/mol. The van der Waals surface area contributed by atoms with Gasteiger partial charge in [0.25, 0.3) is 0 Å². The molecule has 0 fully saturated rings. The molecule has 0 amide bonds. The van der Waals surface area contributed by atoms with Crippen molar-refractivity contribution in [3.05, 3.63) is 22.5 Å². The van der Waals surface area contributed by atoms with Crippen LogP contribution in [-0.4, -0.2) is 35.9 Å². The van der Waals surface area contributed by atoms with Crippen LogP contribution in [0.1, 0.15) is 58.8 Å². The summed E-state index contributed by atoms with van der Waals surface area (Å²) >= 11 is 0. The molecule has 1 aromatic heterocycles. The van der Waals surface area contributed by atoms with Crippen LogP contribution < -0.4 is 0 Å². The molecule has 1 aromatic rings. The predicted octanol–water partition coefficient (Wildman–Crippen LogP) is 2.33. The van der Waals surface area contributed by atoms with Gasteiger partial charge in [0.2, 0.25) is 5.78 Å². The first-order chi connectivity index (χ1) is 9.92. The summed E-state index contributed by atoms with van der Waals surface area (Å²) in [7, 11) is 0. The minimum absolute atomic E-state index is 0.258. The number of hydrogen-bond acceptors (Lipinski definition) is 5. The highest BCUT2D eigenvalue weighted by Crippen LogP contribution is 2.19. The highest BCUT2D eigenvalue weighted by atomic mass is 16.5. The van der Waals surface area contributed by atoms with E-state index in [1.54, 1.807) is 20.8 Å². The Bertz CT molecular complexity index is 545. The maximum atomic E-state index is 12.1. The Balaban J connectivity index is 2.85. The third-order valence-electron chi connectivity index (χ3n) is 3.01. The van der Waals surface area contributed by atoms with E-state index in [9.17, 15) is 14.4 Å². The topological polar surface area (TPSA) is 85.5 Å². The van der Waals surface area contributed by atoms with Crippen LogP contribution in [0.3, 0.4) is 0 Å². The molecule has 6 nitrogen and oxygen atoms in total. The van der Waals surface area contributed by atoms with Gasteiger partial charge in [-0.05, 0) is 32.8 Å². The van der Waals surface area contributed by atoms with Crippen molar-refractivity contribution >= 4 is 17.7 Å². The van der Waals surface area contributed by atoms with Gasteiger partial charge in [-0.2, -0.15) is 0 Å². The molecule has 0 spiro atoms. The summed E-state index contributed by atoms with van der Waals surface area (Å²) in [5.41, 5.74) is 1.72. The number of carbonyl (C=O) groups is 3. The Morgan fingerprint density at radius 3 is 2.33 bits per heavy atom. The first kappa shape index (κ1) is 16.9. The first-order valence-electron chi connectivity index (χ1n) is 6.97. The molecule has 0 bridgehead atoms. The number of aromatic amines is 1. The zero-order valence-electron chi connectivity index (χ0n) is 12.9. The number of H-pyrrole nitrogens is 1. The second kappa shape index (κ2) is 7.61. The summed E-state index contributed by atoms with van der Waals surface area (Å²) in [6.07, 6.45) is 0.953. The highest BCUT2D eigenvalue weighted by Gasteiger charge is 2.23. The Morgan fingerprint density at radius 1 is 1.10 bits per heavy atom. The lowest BCUT2D eigenvalue weighted by molar-refractivity contribution is -0.142. The van der Waals surface area contributed by atoms with Gasteiger partial charge in [0.1, 0.15) is 5.69 Å². The van der Waals surface area contributed by atoms with Crippen molar-refractivity contribution in [3.63, 3.8) is 0 Å². The number of Topliss-reactive ketones (excluding diaryl/α,β-unsaturated/α-hetero) is 1. The van der Waals surface area contributed by atoms with Gasteiger partial charge in [-0.3, -0.25) is 9.59 Å². The van der Waals surface area contributed by atoms with Gasteiger partial charge in [0.15, 0.2) is 6.61 Å². The van der Waals surface area contributed by atoms with E-state index in [2.05, 4.69) is 4.98 Å². The number of rotatable bonds is 7. The van der Waals surface area contributed by atoms with Crippen LogP contribution >= 0.6 is 0 Å². The maximum Gasteiger partial charge on any atom is 0.355 e. The average molecular weight is 295 g/mol.